The van der Waals surface area contributed by atoms with Crippen LogP contribution in [0, 0.1) is 0 Å². The maximum Gasteiger partial charge on any atom is 0.219 e. The molecule has 1 aromatic rings. The van der Waals surface area contributed by atoms with Gasteiger partial charge < -0.3 is 9.80 Å². The van der Waals surface area contributed by atoms with E-state index in [1.165, 1.54) is 18.4 Å². The maximum atomic E-state index is 11.6. The molecule has 1 amide bonds. The molecule has 0 spiro atoms. The maximum absolute atomic E-state index is 11.6. The zero-order valence-electron chi connectivity index (χ0n) is 11.3. The molecule has 18 heavy (non-hydrogen) atoms. The van der Waals surface area contributed by atoms with E-state index in [9.17, 15) is 4.79 Å². The number of carbonyl (C=O) groups is 1. The lowest BCUT2D eigenvalue weighted by molar-refractivity contribution is -0.130. The van der Waals surface area contributed by atoms with Gasteiger partial charge in [0.25, 0.3) is 0 Å². The van der Waals surface area contributed by atoms with E-state index in [0.717, 1.165) is 19.6 Å². The molecule has 3 nitrogen and oxygen atoms in total. The molecule has 0 N–H and O–H groups in total. The summed E-state index contributed by atoms with van der Waals surface area (Å²) in [7, 11) is 1.90. The second kappa shape index (κ2) is 6.01. The van der Waals surface area contributed by atoms with Gasteiger partial charge in [-0.25, -0.2) is 0 Å². The van der Waals surface area contributed by atoms with Gasteiger partial charge in [0.1, 0.15) is 0 Å². The second-order valence-electron chi connectivity index (χ2n) is 5.06. The molecule has 1 heterocycles. The van der Waals surface area contributed by atoms with Crippen molar-refractivity contribution in [3.05, 3.63) is 35.9 Å². The third-order valence-corrected chi connectivity index (χ3v) is 3.78. The summed E-state index contributed by atoms with van der Waals surface area (Å²) in [5.41, 5.74) is 1.22. The van der Waals surface area contributed by atoms with Crippen molar-refractivity contribution in [2.45, 2.75) is 25.8 Å². The molecule has 0 bridgehead atoms. The van der Waals surface area contributed by atoms with Crippen molar-refractivity contribution in [1.29, 1.82) is 0 Å². The summed E-state index contributed by atoms with van der Waals surface area (Å²) in [6.07, 6.45) is 2.57. The summed E-state index contributed by atoms with van der Waals surface area (Å²) in [6.45, 7) is 4.91. The van der Waals surface area contributed by atoms with E-state index in [2.05, 4.69) is 17.0 Å². The Morgan fingerprint density at radius 1 is 1.28 bits per heavy atom. The van der Waals surface area contributed by atoms with Gasteiger partial charge in [0, 0.05) is 20.5 Å². The molecule has 0 aliphatic carbocycles. The van der Waals surface area contributed by atoms with Gasteiger partial charge in [-0.05, 0) is 31.5 Å². The van der Waals surface area contributed by atoms with Gasteiger partial charge in [-0.15, -0.1) is 0 Å². The Morgan fingerprint density at radius 2 is 1.89 bits per heavy atom. The Morgan fingerprint density at radius 3 is 2.44 bits per heavy atom. The van der Waals surface area contributed by atoms with Gasteiger partial charge >= 0.3 is 0 Å². The van der Waals surface area contributed by atoms with E-state index in [1.54, 1.807) is 6.92 Å². The Labute approximate surface area is 109 Å². The fourth-order valence-corrected chi connectivity index (χ4v) is 2.56. The van der Waals surface area contributed by atoms with Crippen LogP contribution in [0.4, 0.5) is 0 Å². The van der Waals surface area contributed by atoms with Gasteiger partial charge in [-0.2, -0.15) is 0 Å². The first-order valence-electron chi connectivity index (χ1n) is 6.69. The standard InChI is InChI=1S/C15H22N2O/c1-13(18)16(2)15(12-17-10-6-7-11-17)14-8-4-3-5-9-14/h3-5,8-9,15H,6-7,10-12H2,1-2H3/t15-/m0/s1. The fraction of sp³-hybridized carbons (Fsp3) is 0.533. The molecule has 0 aromatic heterocycles. The van der Waals surface area contributed by atoms with Crippen LogP contribution in [0.25, 0.3) is 0 Å². The van der Waals surface area contributed by atoms with Crippen molar-refractivity contribution in [1.82, 2.24) is 9.80 Å². The van der Waals surface area contributed by atoms with Gasteiger partial charge in [0.15, 0.2) is 0 Å². The van der Waals surface area contributed by atoms with Gasteiger partial charge in [-0.1, -0.05) is 30.3 Å². The van der Waals surface area contributed by atoms with E-state index in [0.29, 0.717) is 0 Å². The van der Waals surface area contributed by atoms with E-state index < -0.39 is 0 Å². The average Bonchev–Trinajstić information content (AvgIpc) is 2.89. The minimum atomic E-state index is 0.128. The van der Waals surface area contributed by atoms with Crippen LogP contribution in [0.5, 0.6) is 0 Å². The van der Waals surface area contributed by atoms with E-state index in [1.807, 2.05) is 30.1 Å². The molecule has 1 aromatic carbocycles. The lowest BCUT2D eigenvalue weighted by Crippen LogP contribution is -2.37. The second-order valence-corrected chi connectivity index (χ2v) is 5.06. The molecule has 3 heteroatoms. The minimum Gasteiger partial charge on any atom is -0.338 e. The van der Waals surface area contributed by atoms with Crippen LogP contribution in [-0.4, -0.2) is 42.4 Å². The van der Waals surface area contributed by atoms with Crippen molar-refractivity contribution < 1.29 is 4.79 Å². The van der Waals surface area contributed by atoms with Crippen LogP contribution in [0.1, 0.15) is 31.4 Å². The number of rotatable bonds is 4. The number of amides is 1. The summed E-state index contributed by atoms with van der Waals surface area (Å²) >= 11 is 0. The number of benzene rings is 1. The summed E-state index contributed by atoms with van der Waals surface area (Å²) in [4.78, 5) is 15.9. The highest BCUT2D eigenvalue weighted by Crippen LogP contribution is 2.22. The zero-order valence-corrected chi connectivity index (χ0v) is 11.3. The number of likely N-dealkylation sites (N-methyl/N-ethyl adjacent to an activating group) is 1. The largest absolute Gasteiger partial charge is 0.338 e. The molecule has 1 aliphatic rings. The number of likely N-dealkylation sites (tertiary alicyclic amines) is 1. The number of hydrogen-bond donors (Lipinski definition) is 0. The monoisotopic (exact) mass is 246 g/mol. The third-order valence-electron chi connectivity index (χ3n) is 3.78. The summed E-state index contributed by atoms with van der Waals surface area (Å²) < 4.78 is 0. The summed E-state index contributed by atoms with van der Waals surface area (Å²) in [5.74, 6) is 0.128. The predicted octanol–water partition coefficient (Wildman–Crippen LogP) is 2.30. The number of carbonyl (C=O) groups excluding carboxylic acids is 1. The van der Waals surface area contributed by atoms with Gasteiger partial charge in [0.05, 0.1) is 6.04 Å². The van der Waals surface area contributed by atoms with Crippen molar-refractivity contribution in [3.63, 3.8) is 0 Å². The van der Waals surface area contributed by atoms with Gasteiger partial charge in [0.2, 0.25) is 5.91 Å². The molecule has 98 valence electrons. The SMILES string of the molecule is CC(=O)N(C)[C@@H](CN1CCCC1)c1ccccc1. The van der Waals surface area contributed by atoms with Crippen molar-refractivity contribution in [2.75, 3.05) is 26.7 Å². The molecule has 0 unspecified atom stereocenters. The molecule has 1 fully saturated rings. The zero-order chi connectivity index (χ0) is 13.0. The quantitative estimate of drug-likeness (QED) is 0.814. The van der Waals surface area contributed by atoms with E-state index in [-0.39, 0.29) is 11.9 Å². The minimum absolute atomic E-state index is 0.128. The molecule has 1 saturated heterocycles. The van der Waals surface area contributed by atoms with Crippen LogP contribution in [0.15, 0.2) is 30.3 Å². The first-order chi connectivity index (χ1) is 8.68. The van der Waals surface area contributed by atoms with Crippen LogP contribution < -0.4 is 0 Å². The Kier molecular flexibility index (Phi) is 4.37. The Bertz CT molecular complexity index is 385. The van der Waals surface area contributed by atoms with Gasteiger partial charge in [-0.3, -0.25) is 4.79 Å². The number of nitrogens with zero attached hydrogens (tertiary/aromatic N) is 2. The van der Waals surface area contributed by atoms with Crippen molar-refractivity contribution in [3.8, 4) is 0 Å². The smallest absolute Gasteiger partial charge is 0.219 e. The molecular weight excluding hydrogens is 224 g/mol. The van der Waals surface area contributed by atoms with Crippen molar-refractivity contribution >= 4 is 5.91 Å². The Hall–Kier alpha value is -1.35. The predicted molar refractivity (Wildman–Crippen MR) is 73.3 cm³/mol. The molecule has 1 aliphatic heterocycles. The average molecular weight is 246 g/mol. The summed E-state index contributed by atoms with van der Waals surface area (Å²) in [5, 5.41) is 0. The van der Waals surface area contributed by atoms with E-state index >= 15 is 0 Å². The highest BCUT2D eigenvalue weighted by molar-refractivity contribution is 5.73. The van der Waals surface area contributed by atoms with Crippen LogP contribution in [-0.2, 0) is 4.79 Å². The van der Waals surface area contributed by atoms with Crippen molar-refractivity contribution in [2.24, 2.45) is 0 Å². The highest BCUT2D eigenvalue weighted by atomic mass is 16.2. The lowest BCUT2D eigenvalue weighted by atomic mass is 10.1. The lowest BCUT2D eigenvalue weighted by Gasteiger charge is -2.31. The van der Waals surface area contributed by atoms with Crippen LogP contribution in [0.2, 0.25) is 0 Å². The van der Waals surface area contributed by atoms with E-state index in [4.69, 9.17) is 0 Å². The first kappa shape index (κ1) is 13.1. The normalized spacial score (nSPS) is 17.7. The molecular formula is C15H22N2O. The molecule has 2 rings (SSSR count). The first-order valence-corrected chi connectivity index (χ1v) is 6.69. The topological polar surface area (TPSA) is 23.6 Å². The molecule has 0 radical (unpaired) electrons. The third kappa shape index (κ3) is 3.10. The highest BCUT2D eigenvalue weighted by Gasteiger charge is 2.23. The summed E-state index contributed by atoms with van der Waals surface area (Å²) in [6, 6.07) is 10.5. The Balaban J connectivity index is 2.14. The number of hydrogen-bond acceptors (Lipinski definition) is 2. The fourth-order valence-electron chi connectivity index (χ4n) is 2.56. The van der Waals surface area contributed by atoms with Crippen LogP contribution >= 0.6 is 0 Å². The molecule has 0 saturated carbocycles. The van der Waals surface area contributed by atoms with Crippen LogP contribution in [0.3, 0.4) is 0 Å². The molecule has 1 atom stereocenters.